The van der Waals surface area contributed by atoms with Crippen molar-refractivity contribution in [2.24, 2.45) is 5.10 Å². The number of carbonyl (C=O) groups is 2. The molecule has 172 valence electrons. The number of Topliss-reactive ketones (excluding diaryl/α,β-unsaturated/α-hetero) is 1. The molecule has 8 heteroatoms. The van der Waals surface area contributed by atoms with Gasteiger partial charge in [-0.3, -0.25) is 15.0 Å². The number of hydrogen-bond donors (Lipinski definition) is 2. The van der Waals surface area contributed by atoms with Crippen molar-refractivity contribution in [3.05, 3.63) is 95.0 Å². The highest BCUT2D eigenvalue weighted by Crippen LogP contribution is 2.54. The lowest BCUT2D eigenvalue weighted by molar-refractivity contribution is -0.120. The summed E-state index contributed by atoms with van der Waals surface area (Å²) in [6, 6.07) is 24.5. The fourth-order valence-electron chi connectivity index (χ4n) is 5.06. The van der Waals surface area contributed by atoms with Crippen LogP contribution in [-0.4, -0.2) is 30.3 Å². The number of fused-ring (bicyclic) bond motifs is 3. The Morgan fingerprint density at radius 1 is 1.00 bits per heavy atom. The van der Waals surface area contributed by atoms with Crippen molar-refractivity contribution in [1.82, 2.24) is 0 Å². The van der Waals surface area contributed by atoms with Gasteiger partial charge in [0, 0.05) is 30.1 Å². The molecule has 7 nitrogen and oxygen atoms in total. The van der Waals surface area contributed by atoms with Crippen molar-refractivity contribution in [2.75, 3.05) is 22.3 Å². The van der Waals surface area contributed by atoms with Crippen LogP contribution in [0.4, 0.5) is 17.1 Å². The molecule has 0 saturated heterocycles. The molecule has 35 heavy (non-hydrogen) atoms. The third-order valence-electron chi connectivity index (χ3n) is 6.58. The quantitative estimate of drug-likeness (QED) is 0.553. The Kier molecular flexibility index (Phi) is 4.69. The Bertz CT molecular complexity index is 1470. The lowest BCUT2D eigenvalue weighted by Crippen LogP contribution is -2.57. The summed E-state index contributed by atoms with van der Waals surface area (Å²) in [5.74, 6) is -0.580. The fraction of sp³-hybridized carbons (Fsp3) is 0.111. The Morgan fingerprint density at radius 2 is 1.69 bits per heavy atom. The molecule has 1 unspecified atom stereocenters. The van der Waals surface area contributed by atoms with Crippen molar-refractivity contribution >= 4 is 52.1 Å². The van der Waals surface area contributed by atoms with Gasteiger partial charge in [-0.2, -0.15) is 5.10 Å². The molecule has 0 aliphatic carbocycles. The standard InChI is InChI=1S/C27H21N5O2S/c1-16(33)23-27(18-12-6-8-14-20(18)31(2)26(27)34)22(25-29-19-13-7-9-15-21(19)35-25)24(28)32(30-23)17-10-4-3-5-11-17/h3-15,28-29H,1-2H3/b25-22-,28-24?. The number of hydrazone groups is 1. The normalized spacial score (nSPS) is 22.7. The van der Waals surface area contributed by atoms with E-state index < -0.39 is 5.41 Å². The minimum Gasteiger partial charge on any atom is -0.349 e. The van der Waals surface area contributed by atoms with E-state index in [1.165, 1.54) is 23.7 Å². The zero-order valence-corrected chi connectivity index (χ0v) is 19.9. The Labute approximate surface area is 206 Å². The Balaban J connectivity index is 1.71. The van der Waals surface area contributed by atoms with Gasteiger partial charge in [-0.1, -0.05) is 60.3 Å². The van der Waals surface area contributed by atoms with E-state index in [9.17, 15) is 15.0 Å². The summed E-state index contributed by atoms with van der Waals surface area (Å²) in [5, 5.41) is 19.5. The lowest BCUT2D eigenvalue weighted by Gasteiger charge is -2.39. The first-order valence-corrected chi connectivity index (χ1v) is 12.0. The van der Waals surface area contributed by atoms with Crippen molar-refractivity contribution < 1.29 is 9.59 Å². The van der Waals surface area contributed by atoms with E-state index >= 15 is 0 Å². The number of benzene rings is 3. The van der Waals surface area contributed by atoms with Gasteiger partial charge in [0.05, 0.1) is 22.0 Å². The average Bonchev–Trinajstić information content (AvgIpc) is 3.39. The molecule has 0 bridgehead atoms. The van der Waals surface area contributed by atoms with Gasteiger partial charge >= 0.3 is 0 Å². The molecule has 1 amide bonds. The monoisotopic (exact) mass is 479 g/mol. The summed E-state index contributed by atoms with van der Waals surface area (Å²) in [5.41, 5.74) is 1.87. The third-order valence-corrected chi connectivity index (χ3v) is 7.67. The molecule has 1 atom stereocenters. The molecule has 3 aromatic rings. The summed E-state index contributed by atoms with van der Waals surface area (Å²) < 4.78 is 0. The summed E-state index contributed by atoms with van der Waals surface area (Å²) in [4.78, 5) is 30.0. The number of nitrogens with one attached hydrogen (secondary N) is 2. The summed E-state index contributed by atoms with van der Waals surface area (Å²) >= 11 is 1.46. The highest BCUT2D eigenvalue weighted by atomic mass is 32.2. The number of rotatable bonds is 2. The smallest absolute Gasteiger partial charge is 0.248 e. The minimum atomic E-state index is -1.53. The molecule has 3 heterocycles. The molecule has 6 rings (SSSR count). The van der Waals surface area contributed by atoms with Gasteiger partial charge in [-0.15, -0.1) is 0 Å². The highest BCUT2D eigenvalue weighted by Gasteiger charge is 2.62. The van der Waals surface area contributed by atoms with Crippen LogP contribution in [0.25, 0.3) is 0 Å². The fourth-order valence-corrected chi connectivity index (χ4v) is 6.16. The maximum atomic E-state index is 14.2. The number of ketones is 1. The largest absolute Gasteiger partial charge is 0.349 e. The van der Waals surface area contributed by atoms with Crippen LogP contribution in [0.5, 0.6) is 0 Å². The van der Waals surface area contributed by atoms with Gasteiger partial charge in [0.2, 0.25) is 5.91 Å². The molecule has 1 spiro atoms. The van der Waals surface area contributed by atoms with Crippen LogP contribution in [0, 0.1) is 5.41 Å². The average molecular weight is 480 g/mol. The van der Waals surface area contributed by atoms with Crippen molar-refractivity contribution in [3.63, 3.8) is 0 Å². The zero-order valence-electron chi connectivity index (χ0n) is 19.1. The highest BCUT2D eigenvalue weighted by molar-refractivity contribution is 8.03. The van der Waals surface area contributed by atoms with Crippen LogP contribution in [0.1, 0.15) is 12.5 Å². The van der Waals surface area contributed by atoms with E-state index in [1.54, 1.807) is 11.9 Å². The van der Waals surface area contributed by atoms with E-state index in [0.29, 0.717) is 27.5 Å². The molecule has 0 aromatic heterocycles. The summed E-state index contributed by atoms with van der Waals surface area (Å²) in [6.07, 6.45) is 0. The van der Waals surface area contributed by atoms with E-state index in [1.807, 2.05) is 78.9 Å². The minimum absolute atomic E-state index is 0.0439. The molecule has 2 N–H and O–H groups in total. The zero-order chi connectivity index (χ0) is 24.3. The second-order valence-corrected chi connectivity index (χ2v) is 9.61. The van der Waals surface area contributed by atoms with Crippen molar-refractivity contribution in [3.8, 4) is 0 Å². The topological polar surface area (TPSA) is 88.9 Å². The number of likely N-dealkylation sites (N-methyl/N-ethyl adjacent to an activating group) is 1. The second-order valence-electron chi connectivity index (χ2n) is 8.56. The van der Waals surface area contributed by atoms with Crippen LogP contribution in [0.15, 0.2) is 99.5 Å². The van der Waals surface area contributed by atoms with Gasteiger partial charge < -0.3 is 10.2 Å². The molecule has 0 saturated carbocycles. The number of anilines is 3. The predicted octanol–water partition coefficient (Wildman–Crippen LogP) is 4.77. The van der Waals surface area contributed by atoms with Crippen LogP contribution in [0.2, 0.25) is 0 Å². The Hall–Kier alpha value is -4.17. The molecule has 0 fully saturated rings. The predicted molar refractivity (Wildman–Crippen MR) is 139 cm³/mol. The number of carbonyl (C=O) groups excluding carboxylic acids is 2. The van der Waals surface area contributed by atoms with Crippen LogP contribution < -0.4 is 15.2 Å². The third kappa shape index (κ3) is 2.86. The summed E-state index contributed by atoms with van der Waals surface area (Å²) in [7, 11) is 1.70. The van der Waals surface area contributed by atoms with E-state index in [0.717, 1.165) is 10.6 Å². The van der Waals surface area contributed by atoms with Gasteiger partial charge in [0.15, 0.2) is 17.0 Å². The van der Waals surface area contributed by atoms with Gasteiger partial charge in [0.25, 0.3) is 0 Å². The van der Waals surface area contributed by atoms with Crippen LogP contribution in [-0.2, 0) is 15.0 Å². The van der Waals surface area contributed by atoms with Crippen molar-refractivity contribution in [2.45, 2.75) is 17.2 Å². The number of hydrogen-bond acceptors (Lipinski definition) is 6. The molecule has 3 aliphatic rings. The second kappa shape index (κ2) is 7.68. The first kappa shape index (κ1) is 21.4. The van der Waals surface area contributed by atoms with E-state index in [4.69, 9.17) is 0 Å². The first-order chi connectivity index (χ1) is 16.9. The molecule has 3 aromatic carbocycles. The molecule has 0 radical (unpaired) electrons. The van der Waals surface area contributed by atoms with Crippen molar-refractivity contribution in [1.29, 1.82) is 5.41 Å². The van der Waals surface area contributed by atoms with Gasteiger partial charge in [0.1, 0.15) is 5.71 Å². The van der Waals surface area contributed by atoms with E-state index in [-0.39, 0.29) is 23.2 Å². The molecule has 3 aliphatic heterocycles. The molecular formula is C27H21N5O2S. The number of thioether (sulfide) groups is 1. The lowest BCUT2D eigenvalue weighted by atomic mass is 9.68. The number of nitrogens with zero attached hydrogens (tertiary/aromatic N) is 3. The maximum absolute atomic E-state index is 14.2. The van der Waals surface area contributed by atoms with Crippen LogP contribution >= 0.6 is 11.8 Å². The maximum Gasteiger partial charge on any atom is 0.248 e. The van der Waals surface area contributed by atoms with Crippen LogP contribution in [0.3, 0.4) is 0 Å². The number of amidine groups is 1. The SMILES string of the molecule is CC(=O)C1=NN(c2ccccc2)C(=N)/C(=C2\Nc3ccccc3S2)C12C(=O)N(C)c1ccccc12. The van der Waals surface area contributed by atoms with E-state index in [2.05, 4.69) is 10.4 Å². The number of para-hydroxylation sites is 3. The van der Waals surface area contributed by atoms with Gasteiger partial charge in [-0.25, -0.2) is 5.01 Å². The van der Waals surface area contributed by atoms with Gasteiger partial charge in [-0.05, 0) is 30.3 Å². The molecular weight excluding hydrogens is 458 g/mol. The number of amides is 1. The Morgan fingerprint density at radius 3 is 2.43 bits per heavy atom. The first-order valence-electron chi connectivity index (χ1n) is 11.1. The summed E-state index contributed by atoms with van der Waals surface area (Å²) in [6.45, 7) is 1.43.